The summed E-state index contributed by atoms with van der Waals surface area (Å²) in [6.45, 7) is 2.95. The number of ether oxygens (including phenoxy) is 2. The van der Waals surface area contributed by atoms with Crippen molar-refractivity contribution >= 4 is 0 Å². The van der Waals surface area contributed by atoms with Gasteiger partial charge < -0.3 is 15.2 Å². The molecule has 5 nitrogen and oxygen atoms in total. The van der Waals surface area contributed by atoms with Crippen LogP contribution in [0.5, 0.6) is 11.5 Å². The molecule has 19 heavy (non-hydrogen) atoms. The molecule has 0 fully saturated rings. The molecule has 1 aromatic heterocycles. The molecule has 0 atom stereocenters. The quantitative estimate of drug-likeness (QED) is 0.910. The molecule has 1 aliphatic rings. The average Bonchev–Trinajstić information content (AvgIpc) is 2.95. The van der Waals surface area contributed by atoms with Gasteiger partial charge in [0, 0.05) is 24.7 Å². The van der Waals surface area contributed by atoms with Crippen LogP contribution in [0.15, 0.2) is 18.2 Å². The summed E-state index contributed by atoms with van der Waals surface area (Å²) in [7, 11) is 1.95. The van der Waals surface area contributed by atoms with Gasteiger partial charge in [0.1, 0.15) is 0 Å². The van der Waals surface area contributed by atoms with E-state index in [4.69, 9.17) is 15.2 Å². The second-order valence-corrected chi connectivity index (χ2v) is 4.64. The van der Waals surface area contributed by atoms with E-state index in [-0.39, 0.29) is 0 Å². The maximum atomic E-state index is 5.66. The minimum Gasteiger partial charge on any atom is -0.454 e. The monoisotopic (exact) mass is 259 g/mol. The SMILES string of the molecule is Cc1c(-c2ccc3c(c2)OCO3)c(CCN)nn1C. The van der Waals surface area contributed by atoms with Crippen molar-refractivity contribution in [3.05, 3.63) is 29.6 Å². The second kappa shape index (κ2) is 4.59. The van der Waals surface area contributed by atoms with E-state index in [9.17, 15) is 0 Å². The standard InChI is InChI=1S/C14H17N3O2/c1-9-14(11(5-6-15)16-17(9)2)10-3-4-12-13(7-10)19-8-18-12/h3-4,7H,5-6,8,15H2,1-2H3. The molecule has 0 unspecified atom stereocenters. The van der Waals surface area contributed by atoms with Crippen LogP contribution in [0.2, 0.25) is 0 Å². The van der Waals surface area contributed by atoms with Crippen molar-refractivity contribution in [1.29, 1.82) is 0 Å². The number of benzene rings is 1. The summed E-state index contributed by atoms with van der Waals surface area (Å²) in [6, 6.07) is 5.99. The first-order chi connectivity index (χ1) is 9.20. The van der Waals surface area contributed by atoms with Crippen molar-refractivity contribution in [3.8, 4) is 22.6 Å². The van der Waals surface area contributed by atoms with Crippen LogP contribution in [0, 0.1) is 6.92 Å². The topological polar surface area (TPSA) is 62.3 Å². The number of hydrogen-bond acceptors (Lipinski definition) is 4. The van der Waals surface area contributed by atoms with Crippen molar-refractivity contribution in [1.82, 2.24) is 9.78 Å². The summed E-state index contributed by atoms with van der Waals surface area (Å²) >= 11 is 0. The van der Waals surface area contributed by atoms with Crippen molar-refractivity contribution in [2.45, 2.75) is 13.3 Å². The molecule has 0 bridgehead atoms. The van der Waals surface area contributed by atoms with E-state index < -0.39 is 0 Å². The van der Waals surface area contributed by atoms with Gasteiger partial charge >= 0.3 is 0 Å². The summed E-state index contributed by atoms with van der Waals surface area (Å²) in [6.07, 6.45) is 0.769. The van der Waals surface area contributed by atoms with Gasteiger partial charge in [-0.15, -0.1) is 0 Å². The molecule has 0 radical (unpaired) electrons. The molecule has 100 valence electrons. The summed E-state index contributed by atoms with van der Waals surface area (Å²) in [5, 5.41) is 4.53. The molecule has 0 saturated heterocycles. The van der Waals surface area contributed by atoms with Gasteiger partial charge in [0.2, 0.25) is 6.79 Å². The minimum absolute atomic E-state index is 0.292. The van der Waals surface area contributed by atoms with Crippen LogP contribution in [-0.4, -0.2) is 23.1 Å². The zero-order chi connectivity index (χ0) is 13.4. The van der Waals surface area contributed by atoms with Crippen molar-refractivity contribution in [2.24, 2.45) is 12.8 Å². The number of hydrogen-bond donors (Lipinski definition) is 1. The number of aromatic nitrogens is 2. The summed E-state index contributed by atoms with van der Waals surface area (Å²) in [5.74, 6) is 1.59. The Morgan fingerprint density at radius 2 is 2.11 bits per heavy atom. The lowest BCUT2D eigenvalue weighted by molar-refractivity contribution is 0.174. The largest absolute Gasteiger partial charge is 0.454 e. The molecule has 5 heteroatoms. The van der Waals surface area contributed by atoms with Crippen LogP contribution >= 0.6 is 0 Å². The summed E-state index contributed by atoms with van der Waals surface area (Å²) in [5.41, 5.74) is 10.1. The van der Waals surface area contributed by atoms with Crippen molar-refractivity contribution in [2.75, 3.05) is 13.3 Å². The van der Waals surface area contributed by atoms with Gasteiger partial charge in [0.15, 0.2) is 11.5 Å². The van der Waals surface area contributed by atoms with Gasteiger partial charge in [0.25, 0.3) is 0 Å². The van der Waals surface area contributed by atoms with Crippen LogP contribution in [0.4, 0.5) is 0 Å². The van der Waals surface area contributed by atoms with Crippen LogP contribution in [0.3, 0.4) is 0 Å². The first-order valence-electron chi connectivity index (χ1n) is 6.33. The number of nitrogens with two attached hydrogens (primary N) is 1. The van der Waals surface area contributed by atoms with E-state index >= 15 is 0 Å². The second-order valence-electron chi connectivity index (χ2n) is 4.64. The number of nitrogens with zero attached hydrogens (tertiary/aromatic N) is 2. The normalized spacial score (nSPS) is 13.0. The van der Waals surface area contributed by atoms with Crippen LogP contribution in [0.25, 0.3) is 11.1 Å². The Hall–Kier alpha value is -2.01. The first-order valence-corrected chi connectivity index (χ1v) is 6.33. The lowest BCUT2D eigenvalue weighted by Gasteiger charge is -2.05. The minimum atomic E-state index is 0.292. The highest BCUT2D eigenvalue weighted by atomic mass is 16.7. The number of aryl methyl sites for hydroxylation is 1. The summed E-state index contributed by atoms with van der Waals surface area (Å²) < 4.78 is 12.7. The van der Waals surface area contributed by atoms with E-state index in [0.29, 0.717) is 13.3 Å². The molecule has 1 aliphatic heterocycles. The number of fused-ring (bicyclic) bond motifs is 1. The van der Waals surface area contributed by atoms with Crippen molar-refractivity contribution in [3.63, 3.8) is 0 Å². The maximum Gasteiger partial charge on any atom is 0.231 e. The fourth-order valence-electron chi connectivity index (χ4n) is 2.42. The van der Waals surface area contributed by atoms with Crippen LogP contribution < -0.4 is 15.2 Å². The highest BCUT2D eigenvalue weighted by Crippen LogP contribution is 2.37. The Morgan fingerprint density at radius 1 is 1.32 bits per heavy atom. The highest BCUT2D eigenvalue weighted by molar-refractivity contribution is 5.71. The molecule has 2 aromatic rings. The molecule has 0 saturated carbocycles. The van der Waals surface area contributed by atoms with E-state index in [2.05, 4.69) is 12.0 Å². The molecule has 0 spiro atoms. The van der Waals surface area contributed by atoms with Crippen LogP contribution in [-0.2, 0) is 13.5 Å². The van der Waals surface area contributed by atoms with Gasteiger partial charge in [-0.25, -0.2) is 0 Å². The molecular formula is C14H17N3O2. The Balaban J connectivity index is 2.10. The fraction of sp³-hybridized carbons (Fsp3) is 0.357. The molecule has 3 rings (SSSR count). The van der Waals surface area contributed by atoms with E-state index in [1.54, 1.807) is 0 Å². The van der Waals surface area contributed by atoms with E-state index in [1.165, 1.54) is 0 Å². The summed E-state index contributed by atoms with van der Waals surface area (Å²) in [4.78, 5) is 0. The third-order valence-corrected chi connectivity index (χ3v) is 3.45. The van der Waals surface area contributed by atoms with Gasteiger partial charge in [0.05, 0.1) is 5.69 Å². The molecular weight excluding hydrogens is 242 g/mol. The van der Waals surface area contributed by atoms with Crippen molar-refractivity contribution < 1.29 is 9.47 Å². The molecule has 1 aromatic carbocycles. The number of rotatable bonds is 3. The third-order valence-electron chi connectivity index (χ3n) is 3.45. The van der Waals surface area contributed by atoms with Gasteiger partial charge in [-0.05, 0) is 31.2 Å². The zero-order valence-electron chi connectivity index (χ0n) is 11.1. The van der Waals surface area contributed by atoms with Gasteiger partial charge in [-0.2, -0.15) is 5.10 Å². The average molecular weight is 259 g/mol. The maximum absolute atomic E-state index is 5.66. The molecule has 2 N–H and O–H groups in total. The third kappa shape index (κ3) is 1.96. The molecule has 0 amide bonds. The Kier molecular flexibility index (Phi) is 2.91. The molecule has 0 aliphatic carbocycles. The Bertz CT molecular complexity index is 619. The van der Waals surface area contributed by atoms with Crippen LogP contribution in [0.1, 0.15) is 11.4 Å². The lowest BCUT2D eigenvalue weighted by atomic mass is 10.0. The Morgan fingerprint density at radius 3 is 2.89 bits per heavy atom. The Labute approximate surface area is 111 Å². The van der Waals surface area contributed by atoms with E-state index in [1.807, 2.05) is 29.9 Å². The fourth-order valence-corrected chi connectivity index (χ4v) is 2.42. The predicted octanol–water partition coefficient (Wildman–Crippen LogP) is 1.63. The zero-order valence-corrected chi connectivity index (χ0v) is 11.1. The smallest absolute Gasteiger partial charge is 0.231 e. The molecule has 2 heterocycles. The van der Waals surface area contributed by atoms with Gasteiger partial charge in [-0.3, -0.25) is 4.68 Å². The predicted molar refractivity (Wildman–Crippen MR) is 72.3 cm³/mol. The first kappa shape index (κ1) is 12.0. The van der Waals surface area contributed by atoms with E-state index in [0.717, 1.165) is 40.4 Å². The highest BCUT2D eigenvalue weighted by Gasteiger charge is 2.18. The lowest BCUT2D eigenvalue weighted by Crippen LogP contribution is -2.04. The van der Waals surface area contributed by atoms with Gasteiger partial charge in [-0.1, -0.05) is 6.07 Å².